The van der Waals surface area contributed by atoms with E-state index in [1.54, 1.807) is 11.6 Å². The Bertz CT molecular complexity index is 645. The number of benzene rings is 1. The Morgan fingerprint density at radius 2 is 2.05 bits per heavy atom. The first-order chi connectivity index (χ1) is 9.00. The van der Waals surface area contributed by atoms with Crippen molar-refractivity contribution in [3.8, 4) is 5.88 Å². The summed E-state index contributed by atoms with van der Waals surface area (Å²) in [6.45, 7) is 3.94. The van der Waals surface area contributed by atoms with Crippen molar-refractivity contribution in [3.05, 3.63) is 24.3 Å². The number of hydrogen-bond donors (Lipinski definition) is 2. The summed E-state index contributed by atoms with van der Waals surface area (Å²) in [7, 11) is 1.78. The largest absolute Gasteiger partial charge is 0.493 e. The molecule has 100 valence electrons. The highest BCUT2D eigenvalue weighted by molar-refractivity contribution is 7.80. The van der Waals surface area contributed by atoms with Crippen molar-refractivity contribution in [1.29, 1.82) is 0 Å². The smallest absolute Gasteiger partial charge is 0.220 e. The van der Waals surface area contributed by atoms with Gasteiger partial charge in [-0.15, -0.1) is 10.2 Å². The van der Waals surface area contributed by atoms with E-state index in [4.69, 9.17) is 12.2 Å². The van der Waals surface area contributed by atoms with Gasteiger partial charge in [0.05, 0.1) is 5.52 Å². The van der Waals surface area contributed by atoms with Crippen LogP contribution in [-0.2, 0) is 7.05 Å². The van der Waals surface area contributed by atoms with Crippen LogP contribution < -0.4 is 5.32 Å². The van der Waals surface area contributed by atoms with Crippen LogP contribution in [0.5, 0.6) is 5.88 Å². The molecule has 0 atom stereocenters. The molecule has 2 rings (SSSR count). The molecule has 0 fully saturated rings. The molecule has 6 heteroatoms. The average molecular weight is 276 g/mol. The Morgan fingerprint density at radius 3 is 2.74 bits per heavy atom. The zero-order chi connectivity index (χ0) is 14.0. The van der Waals surface area contributed by atoms with Gasteiger partial charge < -0.3 is 15.0 Å². The molecule has 1 heterocycles. The van der Waals surface area contributed by atoms with Gasteiger partial charge >= 0.3 is 0 Å². The molecule has 0 spiro atoms. The van der Waals surface area contributed by atoms with Crippen molar-refractivity contribution in [1.82, 2.24) is 9.88 Å². The maximum atomic E-state index is 10.1. The predicted molar refractivity (Wildman–Crippen MR) is 80.0 cm³/mol. The van der Waals surface area contributed by atoms with E-state index in [0.29, 0.717) is 10.8 Å². The lowest BCUT2D eigenvalue weighted by atomic mass is 10.2. The van der Waals surface area contributed by atoms with Crippen LogP contribution in [0.3, 0.4) is 0 Å². The van der Waals surface area contributed by atoms with Crippen molar-refractivity contribution >= 4 is 33.9 Å². The Hall–Kier alpha value is -1.95. The molecule has 0 amide bonds. The zero-order valence-electron chi connectivity index (χ0n) is 11.1. The minimum atomic E-state index is 0.0808. The Morgan fingerprint density at radius 1 is 1.37 bits per heavy atom. The highest BCUT2D eigenvalue weighted by Crippen LogP contribution is 2.37. The molecule has 0 saturated carbocycles. The number of para-hydroxylation sites is 1. The van der Waals surface area contributed by atoms with Crippen LogP contribution in [0.4, 0.5) is 5.69 Å². The second-order valence-corrected chi connectivity index (χ2v) is 4.94. The van der Waals surface area contributed by atoms with Crippen molar-refractivity contribution in [3.63, 3.8) is 0 Å². The van der Waals surface area contributed by atoms with E-state index in [2.05, 4.69) is 15.5 Å². The predicted octanol–water partition coefficient (Wildman–Crippen LogP) is 3.25. The first-order valence-electron chi connectivity index (χ1n) is 5.99. The van der Waals surface area contributed by atoms with Gasteiger partial charge in [-0.2, -0.15) is 0 Å². The molecule has 0 bridgehead atoms. The van der Waals surface area contributed by atoms with Crippen LogP contribution >= 0.6 is 12.2 Å². The number of hydrogen-bond acceptors (Lipinski definition) is 3. The summed E-state index contributed by atoms with van der Waals surface area (Å²) < 4.78 is 1.67. The van der Waals surface area contributed by atoms with Crippen molar-refractivity contribution in [2.24, 2.45) is 17.3 Å². The van der Waals surface area contributed by atoms with Crippen molar-refractivity contribution in [2.45, 2.75) is 19.9 Å². The first kappa shape index (κ1) is 13.5. The van der Waals surface area contributed by atoms with Gasteiger partial charge in [-0.3, -0.25) is 0 Å². The normalized spacial score (nSPS) is 11.6. The summed E-state index contributed by atoms with van der Waals surface area (Å²) >= 11 is 5.04. The van der Waals surface area contributed by atoms with Crippen molar-refractivity contribution in [2.75, 3.05) is 0 Å². The van der Waals surface area contributed by atoms with Gasteiger partial charge in [-0.05, 0) is 32.1 Å². The third-order valence-corrected chi connectivity index (χ3v) is 2.90. The second kappa shape index (κ2) is 5.36. The average Bonchev–Trinajstić information content (AvgIpc) is 2.60. The Balaban J connectivity index is 2.38. The Kier molecular flexibility index (Phi) is 3.80. The summed E-state index contributed by atoms with van der Waals surface area (Å²) in [4.78, 5) is 0. The molecule has 0 radical (unpaired) electrons. The van der Waals surface area contributed by atoms with E-state index < -0.39 is 0 Å². The fourth-order valence-electron chi connectivity index (χ4n) is 1.83. The summed E-state index contributed by atoms with van der Waals surface area (Å²) in [6, 6.07) is 7.81. The summed E-state index contributed by atoms with van der Waals surface area (Å²) in [5.41, 5.74) is 1.34. The number of thiocarbonyl (C=S) groups is 1. The maximum Gasteiger partial charge on any atom is 0.220 e. The van der Waals surface area contributed by atoms with Gasteiger partial charge in [0.1, 0.15) is 0 Å². The lowest BCUT2D eigenvalue weighted by Crippen LogP contribution is -2.26. The molecule has 0 saturated heterocycles. The topological polar surface area (TPSA) is 61.9 Å². The summed E-state index contributed by atoms with van der Waals surface area (Å²) in [5.74, 6) is 0.0808. The third-order valence-electron chi connectivity index (χ3n) is 2.70. The fourth-order valence-corrected chi connectivity index (χ4v) is 2.11. The molecule has 0 aliphatic rings. The number of aromatic nitrogens is 1. The first-order valence-corrected chi connectivity index (χ1v) is 6.40. The molecule has 0 aliphatic heterocycles. The lowest BCUT2D eigenvalue weighted by Gasteiger charge is -2.05. The molecule has 5 nitrogen and oxygen atoms in total. The van der Waals surface area contributed by atoms with E-state index in [1.807, 2.05) is 38.1 Å². The lowest BCUT2D eigenvalue weighted by molar-refractivity contribution is 0.436. The number of nitrogens with one attached hydrogen (secondary N) is 1. The number of fused-ring (bicyclic) bond motifs is 1. The number of aryl methyl sites for hydroxylation is 1. The monoisotopic (exact) mass is 276 g/mol. The minimum absolute atomic E-state index is 0.0808. The van der Waals surface area contributed by atoms with Gasteiger partial charge in [0, 0.05) is 18.5 Å². The molecule has 0 aliphatic carbocycles. The van der Waals surface area contributed by atoms with Crippen LogP contribution in [0, 0.1) is 0 Å². The van der Waals surface area contributed by atoms with Gasteiger partial charge in [0.15, 0.2) is 5.69 Å². The van der Waals surface area contributed by atoms with Crippen molar-refractivity contribution < 1.29 is 5.11 Å². The van der Waals surface area contributed by atoms with E-state index in [9.17, 15) is 5.11 Å². The fraction of sp³-hybridized carbons (Fsp3) is 0.308. The highest BCUT2D eigenvalue weighted by atomic mass is 32.1. The number of rotatable bonds is 2. The highest BCUT2D eigenvalue weighted by Gasteiger charge is 2.13. The van der Waals surface area contributed by atoms with Crippen LogP contribution in [0.25, 0.3) is 10.9 Å². The van der Waals surface area contributed by atoms with Crippen LogP contribution in [-0.4, -0.2) is 20.8 Å². The standard InChI is InChI=1S/C13H16N4OS/c1-8(2)14-13(19)16-15-11-9-6-4-5-7-10(9)17(3)12(11)18/h4-8,18H,1-3H3,(H,14,19). The van der Waals surface area contributed by atoms with E-state index in [-0.39, 0.29) is 11.9 Å². The van der Waals surface area contributed by atoms with Gasteiger partial charge in [-0.25, -0.2) is 0 Å². The van der Waals surface area contributed by atoms with Gasteiger partial charge in [-0.1, -0.05) is 18.2 Å². The van der Waals surface area contributed by atoms with Crippen LogP contribution in [0.2, 0.25) is 0 Å². The summed E-state index contributed by atoms with van der Waals surface area (Å²) in [6.07, 6.45) is 0. The molecular formula is C13H16N4OS. The summed E-state index contributed by atoms with van der Waals surface area (Å²) in [5, 5.41) is 22.2. The van der Waals surface area contributed by atoms with E-state index >= 15 is 0 Å². The molecule has 1 aromatic heterocycles. The molecule has 1 aromatic carbocycles. The second-order valence-electron chi connectivity index (χ2n) is 4.55. The van der Waals surface area contributed by atoms with Crippen LogP contribution in [0.1, 0.15) is 13.8 Å². The van der Waals surface area contributed by atoms with E-state index in [1.165, 1.54) is 0 Å². The molecule has 2 aromatic rings. The number of aromatic hydroxyl groups is 1. The molecule has 2 N–H and O–H groups in total. The molecule has 0 unspecified atom stereocenters. The van der Waals surface area contributed by atoms with Gasteiger partial charge in [0.25, 0.3) is 0 Å². The maximum absolute atomic E-state index is 10.1. The quantitative estimate of drug-likeness (QED) is 0.654. The van der Waals surface area contributed by atoms with Crippen LogP contribution in [0.15, 0.2) is 34.5 Å². The number of nitrogens with zero attached hydrogens (tertiary/aromatic N) is 3. The van der Waals surface area contributed by atoms with Gasteiger partial charge in [0.2, 0.25) is 11.0 Å². The SMILES string of the molecule is CC(C)NC(=S)N=Nc1c(O)n(C)c2ccccc12. The zero-order valence-corrected chi connectivity index (χ0v) is 11.9. The van der Waals surface area contributed by atoms with E-state index in [0.717, 1.165) is 10.9 Å². The minimum Gasteiger partial charge on any atom is -0.493 e. The Labute approximate surface area is 117 Å². The third kappa shape index (κ3) is 2.73. The number of azo groups is 1. The molecular weight excluding hydrogens is 260 g/mol. The molecule has 19 heavy (non-hydrogen) atoms.